The fourth-order valence-electron chi connectivity index (χ4n) is 3.36. The normalized spacial score (nSPS) is 11.5. The molecule has 0 aliphatic carbocycles. The molecule has 0 spiro atoms. The Bertz CT molecular complexity index is 1160. The molecule has 1 atom stereocenters. The van der Waals surface area contributed by atoms with Crippen LogP contribution in [0, 0.1) is 6.92 Å². The third-order valence-electron chi connectivity index (χ3n) is 5.00. The average molecular weight is 450 g/mol. The number of hydrogen-bond donors (Lipinski definition) is 3. The first-order valence-corrected chi connectivity index (χ1v) is 10.3. The van der Waals surface area contributed by atoms with Crippen LogP contribution >= 0.6 is 0 Å². The van der Waals surface area contributed by atoms with Gasteiger partial charge in [0.05, 0.1) is 11.9 Å². The van der Waals surface area contributed by atoms with E-state index in [2.05, 4.69) is 10.3 Å². The van der Waals surface area contributed by atoms with Crippen LogP contribution in [-0.4, -0.2) is 52.9 Å². The molecule has 0 fully saturated rings. The van der Waals surface area contributed by atoms with Crippen molar-refractivity contribution < 1.29 is 24.3 Å². The number of benzene rings is 2. The number of pyridine rings is 1. The largest absolute Gasteiger partial charge is 0.489 e. The predicted octanol–water partition coefficient (Wildman–Crippen LogP) is 2.20. The van der Waals surface area contributed by atoms with Crippen molar-refractivity contribution in [2.75, 3.05) is 14.1 Å². The van der Waals surface area contributed by atoms with E-state index in [0.717, 1.165) is 22.2 Å². The van der Waals surface area contributed by atoms with Crippen molar-refractivity contribution in [1.29, 1.82) is 0 Å². The zero-order valence-electron chi connectivity index (χ0n) is 18.7. The van der Waals surface area contributed by atoms with Crippen molar-refractivity contribution in [1.82, 2.24) is 20.7 Å². The monoisotopic (exact) mass is 450 g/mol. The number of ether oxygens (including phenoxy) is 1. The second-order valence-electron chi connectivity index (χ2n) is 7.75. The summed E-state index contributed by atoms with van der Waals surface area (Å²) in [6.07, 6.45) is -0.389. The van der Waals surface area contributed by atoms with Crippen molar-refractivity contribution in [2.45, 2.75) is 26.0 Å². The second kappa shape index (κ2) is 10.6. The molecule has 9 nitrogen and oxygen atoms in total. The summed E-state index contributed by atoms with van der Waals surface area (Å²) in [5.74, 6) is -1.20. The van der Waals surface area contributed by atoms with Gasteiger partial charge >= 0.3 is 0 Å². The molecule has 0 unspecified atom stereocenters. The van der Waals surface area contributed by atoms with Crippen molar-refractivity contribution in [3.05, 3.63) is 71.4 Å². The number of likely N-dealkylation sites (N-methyl/N-ethyl adjacent to an activating group) is 1. The Morgan fingerprint density at radius 2 is 1.79 bits per heavy atom. The molecule has 1 heterocycles. The topological polar surface area (TPSA) is 121 Å². The van der Waals surface area contributed by atoms with E-state index in [1.54, 1.807) is 24.3 Å². The van der Waals surface area contributed by atoms with E-state index in [0.29, 0.717) is 17.9 Å². The average Bonchev–Trinajstić information content (AvgIpc) is 2.81. The minimum absolute atomic E-state index is 0.300. The predicted molar refractivity (Wildman–Crippen MR) is 122 cm³/mol. The van der Waals surface area contributed by atoms with Crippen LogP contribution in [0.1, 0.15) is 28.0 Å². The fourth-order valence-corrected chi connectivity index (χ4v) is 3.36. The molecule has 0 aliphatic rings. The molecule has 3 N–H and O–H groups in total. The Labute approximate surface area is 191 Å². The van der Waals surface area contributed by atoms with Crippen molar-refractivity contribution in [3.63, 3.8) is 0 Å². The highest BCUT2D eigenvalue weighted by Crippen LogP contribution is 2.21. The molecular formula is C24H26N4O5. The summed E-state index contributed by atoms with van der Waals surface area (Å²) in [6, 6.07) is 15.2. The van der Waals surface area contributed by atoms with Gasteiger partial charge in [-0.05, 0) is 43.3 Å². The van der Waals surface area contributed by atoms with E-state index in [1.165, 1.54) is 24.5 Å². The molecule has 172 valence electrons. The Balaban J connectivity index is 1.67. The fraction of sp³-hybridized carbons (Fsp3) is 0.250. The molecule has 0 saturated heterocycles. The molecule has 0 saturated carbocycles. The van der Waals surface area contributed by atoms with E-state index >= 15 is 0 Å². The van der Waals surface area contributed by atoms with Gasteiger partial charge in [-0.3, -0.25) is 24.6 Å². The van der Waals surface area contributed by atoms with E-state index in [9.17, 15) is 14.4 Å². The third kappa shape index (κ3) is 6.05. The maximum atomic E-state index is 12.6. The quantitative estimate of drug-likeness (QED) is 0.357. The number of fused-ring (bicyclic) bond motifs is 1. The van der Waals surface area contributed by atoms with Gasteiger partial charge in [0, 0.05) is 36.3 Å². The zero-order valence-corrected chi connectivity index (χ0v) is 18.7. The van der Waals surface area contributed by atoms with E-state index in [1.807, 2.05) is 37.3 Å². The Kier molecular flexibility index (Phi) is 7.57. The number of nitrogens with zero attached hydrogens (tertiary/aromatic N) is 2. The summed E-state index contributed by atoms with van der Waals surface area (Å²) in [4.78, 5) is 42.2. The zero-order chi connectivity index (χ0) is 24.0. The molecule has 0 aliphatic heterocycles. The number of amides is 3. The number of para-hydroxylation sites is 1. The lowest BCUT2D eigenvalue weighted by atomic mass is 10.1. The van der Waals surface area contributed by atoms with Crippen molar-refractivity contribution >= 4 is 28.6 Å². The SMILES string of the molecule is Cc1cc(COc2ccc(C(=O)N[C@H](CC(=O)NO)C(=O)N(C)C)cc2)c2ccccc2n1. The summed E-state index contributed by atoms with van der Waals surface area (Å²) in [6.45, 7) is 2.27. The number of nitrogens with one attached hydrogen (secondary N) is 2. The Morgan fingerprint density at radius 3 is 2.45 bits per heavy atom. The summed E-state index contributed by atoms with van der Waals surface area (Å²) in [7, 11) is 3.02. The van der Waals surface area contributed by atoms with Crippen LogP contribution in [0.3, 0.4) is 0 Å². The summed E-state index contributed by atoms with van der Waals surface area (Å²) in [5.41, 5.74) is 4.58. The first kappa shape index (κ1) is 23.7. The molecule has 3 aromatic rings. The van der Waals surface area contributed by atoms with Crippen LogP contribution < -0.4 is 15.5 Å². The highest BCUT2D eigenvalue weighted by molar-refractivity contribution is 5.98. The standard InChI is InChI=1S/C24H26N4O5/c1-15-12-17(19-6-4-5-7-20(19)25-15)14-33-18-10-8-16(9-11-18)23(30)26-21(13-22(29)27-32)24(31)28(2)3/h4-12,21,32H,13-14H2,1-3H3,(H,26,30)(H,27,29)/t21-/m1/s1. The van der Waals surface area contributed by atoms with Gasteiger partial charge in [0.1, 0.15) is 18.4 Å². The van der Waals surface area contributed by atoms with Crippen LogP contribution in [0.15, 0.2) is 54.6 Å². The summed E-state index contributed by atoms with van der Waals surface area (Å²) in [5, 5.41) is 12.3. The smallest absolute Gasteiger partial charge is 0.251 e. The number of hydrogen-bond acceptors (Lipinski definition) is 6. The van der Waals surface area contributed by atoms with E-state index in [4.69, 9.17) is 9.94 Å². The van der Waals surface area contributed by atoms with Gasteiger partial charge in [-0.1, -0.05) is 18.2 Å². The van der Waals surface area contributed by atoms with Gasteiger partial charge in [0.2, 0.25) is 11.8 Å². The molecule has 2 aromatic carbocycles. The van der Waals surface area contributed by atoms with Gasteiger partial charge in [-0.15, -0.1) is 0 Å². The van der Waals surface area contributed by atoms with Crippen LogP contribution in [0.2, 0.25) is 0 Å². The molecule has 9 heteroatoms. The maximum absolute atomic E-state index is 12.6. The third-order valence-corrected chi connectivity index (χ3v) is 5.00. The lowest BCUT2D eigenvalue weighted by molar-refractivity contribution is -0.136. The van der Waals surface area contributed by atoms with Gasteiger partial charge in [0.15, 0.2) is 0 Å². The number of carbonyl (C=O) groups is 3. The lowest BCUT2D eigenvalue weighted by Crippen LogP contribution is -2.48. The number of aromatic nitrogens is 1. The molecule has 0 bridgehead atoms. The van der Waals surface area contributed by atoms with Gasteiger partial charge in [-0.2, -0.15) is 0 Å². The van der Waals surface area contributed by atoms with Crippen LogP contribution in [0.25, 0.3) is 10.9 Å². The number of aryl methyl sites for hydroxylation is 1. The molecular weight excluding hydrogens is 424 g/mol. The van der Waals surface area contributed by atoms with Crippen LogP contribution in [0.4, 0.5) is 0 Å². The minimum atomic E-state index is -1.11. The van der Waals surface area contributed by atoms with Gasteiger partial charge in [-0.25, -0.2) is 5.48 Å². The molecule has 1 aromatic heterocycles. The first-order chi connectivity index (χ1) is 15.8. The lowest BCUT2D eigenvalue weighted by Gasteiger charge is -2.21. The number of carbonyl (C=O) groups excluding carboxylic acids is 3. The molecule has 0 radical (unpaired) electrons. The highest BCUT2D eigenvalue weighted by Gasteiger charge is 2.25. The van der Waals surface area contributed by atoms with Crippen LogP contribution in [-0.2, 0) is 16.2 Å². The second-order valence-corrected chi connectivity index (χ2v) is 7.75. The summed E-state index contributed by atoms with van der Waals surface area (Å²) < 4.78 is 5.91. The highest BCUT2D eigenvalue weighted by atomic mass is 16.5. The van der Waals surface area contributed by atoms with Gasteiger partial charge in [0.25, 0.3) is 5.91 Å². The van der Waals surface area contributed by atoms with E-state index < -0.39 is 23.8 Å². The molecule has 3 rings (SSSR count). The van der Waals surface area contributed by atoms with Crippen molar-refractivity contribution in [3.8, 4) is 5.75 Å². The molecule has 3 amide bonds. The maximum Gasteiger partial charge on any atom is 0.251 e. The van der Waals surface area contributed by atoms with Crippen molar-refractivity contribution in [2.24, 2.45) is 0 Å². The van der Waals surface area contributed by atoms with Crippen LogP contribution in [0.5, 0.6) is 5.75 Å². The van der Waals surface area contributed by atoms with Gasteiger partial charge < -0.3 is 15.0 Å². The number of rotatable bonds is 8. The number of hydroxylamine groups is 1. The Morgan fingerprint density at radius 1 is 1.09 bits per heavy atom. The first-order valence-electron chi connectivity index (χ1n) is 10.3. The molecule has 33 heavy (non-hydrogen) atoms. The summed E-state index contributed by atoms with van der Waals surface area (Å²) >= 11 is 0. The Hall–Kier alpha value is -3.98. The minimum Gasteiger partial charge on any atom is -0.489 e. The van der Waals surface area contributed by atoms with E-state index in [-0.39, 0.29) is 6.42 Å².